The molecule has 0 atom stereocenters. The molecule has 11 rings (SSSR count). The molecule has 0 spiro atoms. The van der Waals surface area contributed by atoms with Crippen LogP contribution in [0.1, 0.15) is 0 Å². The van der Waals surface area contributed by atoms with Gasteiger partial charge in [-0.2, -0.15) is 0 Å². The molecule has 1 aliphatic heterocycles. The second-order valence-corrected chi connectivity index (χ2v) is 13.2. The van der Waals surface area contributed by atoms with Crippen molar-refractivity contribution in [3.63, 3.8) is 0 Å². The lowest BCUT2D eigenvalue weighted by Crippen LogP contribution is -1.98. The molecule has 1 heterocycles. The minimum Gasteiger partial charge on any atom is -0.456 e. The number of fused-ring (bicyclic) bond motifs is 9. The number of hydrogen-bond donors (Lipinski definition) is 0. The SMILES string of the molecule is c1ccc2c(-c3c4cccc(-c5ccc6c(c5)-c5cccc7c5c(cc5ccccc57)O6)c4cc4c3ccc3ccccc34)cccc2c1. The van der Waals surface area contributed by atoms with Gasteiger partial charge in [0.05, 0.1) is 0 Å². The summed E-state index contributed by atoms with van der Waals surface area (Å²) in [6, 6.07) is 62.1. The minimum atomic E-state index is 0.896. The molecule has 10 aromatic carbocycles. The third-order valence-electron chi connectivity index (χ3n) is 10.6. The molecular formula is C48H28O. The zero-order valence-corrected chi connectivity index (χ0v) is 26.6. The van der Waals surface area contributed by atoms with Crippen molar-refractivity contribution in [3.05, 3.63) is 170 Å². The Kier molecular flexibility index (Phi) is 5.45. The quantitative estimate of drug-likeness (QED) is 0.138. The van der Waals surface area contributed by atoms with E-state index in [2.05, 4.69) is 170 Å². The third kappa shape index (κ3) is 3.82. The molecule has 0 unspecified atom stereocenters. The van der Waals surface area contributed by atoms with Crippen LogP contribution in [0.2, 0.25) is 0 Å². The van der Waals surface area contributed by atoms with Crippen LogP contribution in [0.5, 0.6) is 11.5 Å². The second-order valence-electron chi connectivity index (χ2n) is 13.2. The van der Waals surface area contributed by atoms with Crippen molar-refractivity contribution >= 4 is 64.6 Å². The molecular weight excluding hydrogens is 593 g/mol. The fourth-order valence-corrected chi connectivity index (χ4v) is 8.43. The van der Waals surface area contributed by atoms with Gasteiger partial charge < -0.3 is 4.74 Å². The van der Waals surface area contributed by atoms with E-state index in [9.17, 15) is 0 Å². The van der Waals surface area contributed by atoms with Gasteiger partial charge in [0.25, 0.3) is 0 Å². The number of rotatable bonds is 2. The van der Waals surface area contributed by atoms with E-state index < -0.39 is 0 Å². The summed E-state index contributed by atoms with van der Waals surface area (Å²) in [5, 5.41) is 14.9. The molecule has 0 N–H and O–H groups in total. The first-order chi connectivity index (χ1) is 24.3. The number of ether oxygens (including phenoxy) is 1. The summed E-state index contributed by atoms with van der Waals surface area (Å²) in [6.07, 6.45) is 0. The Morgan fingerprint density at radius 3 is 1.76 bits per heavy atom. The predicted octanol–water partition coefficient (Wildman–Crippen LogP) is 13.7. The Bertz CT molecular complexity index is 3020. The molecule has 0 aliphatic carbocycles. The average Bonchev–Trinajstić information content (AvgIpc) is 3.16. The summed E-state index contributed by atoms with van der Waals surface area (Å²) in [5.74, 6) is 1.82. The lowest BCUT2D eigenvalue weighted by Gasteiger charge is -2.23. The van der Waals surface area contributed by atoms with Gasteiger partial charge in [-0.25, -0.2) is 0 Å². The molecule has 1 heteroatoms. The smallest absolute Gasteiger partial charge is 0.136 e. The molecule has 10 aromatic rings. The summed E-state index contributed by atoms with van der Waals surface area (Å²) in [5.41, 5.74) is 7.28. The highest BCUT2D eigenvalue weighted by molar-refractivity contribution is 6.24. The Morgan fingerprint density at radius 1 is 0.286 bits per heavy atom. The van der Waals surface area contributed by atoms with Crippen LogP contribution in [0.4, 0.5) is 0 Å². The lowest BCUT2D eigenvalue weighted by atomic mass is 9.85. The van der Waals surface area contributed by atoms with E-state index in [0.29, 0.717) is 0 Å². The van der Waals surface area contributed by atoms with Gasteiger partial charge in [-0.3, -0.25) is 0 Å². The molecule has 1 aliphatic rings. The molecule has 0 amide bonds. The summed E-state index contributed by atoms with van der Waals surface area (Å²) >= 11 is 0. The maximum absolute atomic E-state index is 6.66. The van der Waals surface area contributed by atoms with Crippen LogP contribution in [0.25, 0.3) is 98.0 Å². The minimum absolute atomic E-state index is 0.896. The van der Waals surface area contributed by atoms with Gasteiger partial charge >= 0.3 is 0 Å². The highest BCUT2D eigenvalue weighted by atomic mass is 16.5. The first-order valence-corrected chi connectivity index (χ1v) is 16.9. The van der Waals surface area contributed by atoms with Gasteiger partial charge in [0, 0.05) is 10.9 Å². The van der Waals surface area contributed by atoms with Gasteiger partial charge in [0.2, 0.25) is 0 Å². The van der Waals surface area contributed by atoms with Crippen LogP contribution < -0.4 is 4.74 Å². The van der Waals surface area contributed by atoms with Crippen molar-refractivity contribution in [2.75, 3.05) is 0 Å². The Balaban J connectivity index is 1.21. The first kappa shape index (κ1) is 26.6. The van der Waals surface area contributed by atoms with Crippen molar-refractivity contribution < 1.29 is 4.74 Å². The Morgan fingerprint density at radius 2 is 0.898 bits per heavy atom. The van der Waals surface area contributed by atoms with Crippen LogP contribution in [0.15, 0.2) is 170 Å². The molecule has 0 fully saturated rings. The zero-order valence-electron chi connectivity index (χ0n) is 26.6. The Hall–Kier alpha value is -6.44. The van der Waals surface area contributed by atoms with E-state index in [1.807, 2.05) is 0 Å². The van der Waals surface area contributed by atoms with Crippen molar-refractivity contribution in [3.8, 4) is 44.9 Å². The molecule has 0 aromatic heterocycles. The van der Waals surface area contributed by atoms with E-state index in [0.717, 1.165) is 17.1 Å². The molecule has 1 nitrogen and oxygen atoms in total. The maximum atomic E-state index is 6.66. The first-order valence-electron chi connectivity index (χ1n) is 16.9. The van der Waals surface area contributed by atoms with Gasteiger partial charge in [-0.15, -0.1) is 0 Å². The average molecular weight is 621 g/mol. The van der Waals surface area contributed by atoms with Crippen LogP contribution in [0, 0.1) is 0 Å². The van der Waals surface area contributed by atoms with Crippen LogP contribution in [-0.2, 0) is 0 Å². The van der Waals surface area contributed by atoms with Gasteiger partial charge in [0.1, 0.15) is 11.5 Å². The van der Waals surface area contributed by atoms with Gasteiger partial charge in [-0.1, -0.05) is 146 Å². The van der Waals surface area contributed by atoms with E-state index in [1.54, 1.807) is 0 Å². The van der Waals surface area contributed by atoms with Crippen molar-refractivity contribution in [2.24, 2.45) is 0 Å². The summed E-state index contributed by atoms with van der Waals surface area (Å²) < 4.78 is 6.66. The van der Waals surface area contributed by atoms with E-state index >= 15 is 0 Å². The Labute approximate surface area is 283 Å². The monoisotopic (exact) mass is 620 g/mol. The van der Waals surface area contributed by atoms with Crippen molar-refractivity contribution in [1.29, 1.82) is 0 Å². The van der Waals surface area contributed by atoms with E-state index in [1.165, 1.54) is 92.5 Å². The fourth-order valence-electron chi connectivity index (χ4n) is 8.43. The van der Waals surface area contributed by atoms with Crippen LogP contribution in [-0.4, -0.2) is 0 Å². The fraction of sp³-hybridized carbons (Fsp3) is 0. The second kappa shape index (κ2) is 10.0. The largest absolute Gasteiger partial charge is 0.456 e. The van der Waals surface area contributed by atoms with E-state index in [4.69, 9.17) is 4.74 Å². The highest BCUT2D eigenvalue weighted by Gasteiger charge is 2.23. The summed E-state index contributed by atoms with van der Waals surface area (Å²) in [6.45, 7) is 0. The summed E-state index contributed by atoms with van der Waals surface area (Å²) in [7, 11) is 0. The summed E-state index contributed by atoms with van der Waals surface area (Å²) in [4.78, 5) is 0. The van der Waals surface area contributed by atoms with Crippen LogP contribution >= 0.6 is 0 Å². The van der Waals surface area contributed by atoms with Crippen molar-refractivity contribution in [1.82, 2.24) is 0 Å². The van der Waals surface area contributed by atoms with Gasteiger partial charge in [-0.05, 0) is 111 Å². The maximum Gasteiger partial charge on any atom is 0.136 e. The lowest BCUT2D eigenvalue weighted by molar-refractivity contribution is 0.488. The number of benzene rings is 10. The molecule has 226 valence electrons. The molecule has 49 heavy (non-hydrogen) atoms. The molecule has 0 bridgehead atoms. The standard InChI is InChI=1S/C48H28O/c1-4-14-33-29(10-1)13-7-18-37(33)47-39-20-8-17-36(43(39)28-42-34-15-5-2-11-30(34)22-24-41(42)47)32-23-25-45-44(26-32)40-21-9-19-38-35-16-6-3-12-31(35)27-46(49-45)48(38)40/h1-28H. The molecule has 0 saturated heterocycles. The number of hydrogen-bond acceptors (Lipinski definition) is 1. The normalized spacial score (nSPS) is 12.2. The topological polar surface area (TPSA) is 9.23 Å². The molecule has 0 saturated carbocycles. The van der Waals surface area contributed by atoms with Crippen molar-refractivity contribution in [2.45, 2.75) is 0 Å². The van der Waals surface area contributed by atoms with Gasteiger partial charge in [0.15, 0.2) is 0 Å². The predicted molar refractivity (Wildman–Crippen MR) is 208 cm³/mol. The van der Waals surface area contributed by atoms with E-state index in [-0.39, 0.29) is 0 Å². The van der Waals surface area contributed by atoms with Crippen LogP contribution in [0.3, 0.4) is 0 Å². The molecule has 0 radical (unpaired) electrons. The zero-order chi connectivity index (χ0) is 32.1. The third-order valence-corrected chi connectivity index (χ3v) is 10.6. The highest BCUT2D eigenvalue weighted by Crippen LogP contribution is 2.50.